The number of amides is 1. The van der Waals surface area contributed by atoms with Gasteiger partial charge in [0.15, 0.2) is 0 Å². The van der Waals surface area contributed by atoms with Crippen LogP contribution in [0.25, 0.3) is 5.13 Å². The molecule has 4 rings (SSSR count). The van der Waals surface area contributed by atoms with E-state index in [1.54, 1.807) is 11.3 Å². The van der Waals surface area contributed by atoms with Gasteiger partial charge in [-0.3, -0.25) is 9.36 Å². The van der Waals surface area contributed by atoms with Gasteiger partial charge >= 0.3 is 0 Å². The van der Waals surface area contributed by atoms with Crippen molar-refractivity contribution >= 4 is 22.4 Å². The number of nitrogens with zero attached hydrogens (tertiary/aromatic N) is 5. The summed E-state index contributed by atoms with van der Waals surface area (Å²) in [6.45, 7) is 8.06. The van der Waals surface area contributed by atoms with Gasteiger partial charge in [-0.1, -0.05) is 25.2 Å². The van der Waals surface area contributed by atoms with Crippen LogP contribution in [0.2, 0.25) is 0 Å². The van der Waals surface area contributed by atoms with E-state index in [4.69, 9.17) is 0 Å². The summed E-state index contributed by atoms with van der Waals surface area (Å²) in [5, 5.41) is 10.5. The first kappa shape index (κ1) is 17.5. The zero-order valence-corrected chi connectivity index (χ0v) is 16.4. The largest absolute Gasteiger partial charge is 0.346 e. The predicted molar refractivity (Wildman–Crippen MR) is 104 cm³/mol. The molecule has 2 aromatic heterocycles. The minimum absolute atomic E-state index is 0.0835. The van der Waals surface area contributed by atoms with Gasteiger partial charge in [-0.05, 0) is 43.2 Å². The number of carbonyl (C=O) groups excluding carboxylic acids is 1. The van der Waals surface area contributed by atoms with Crippen molar-refractivity contribution < 1.29 is 4.79 Å². The van der Waals surface area contributed by atoms with Gasteiger partial charge in [-0.25, -0.2) is 0 Å². The van der Waals surface area contributed by atoms with E-state index in [2.05, 4.69) is 33.8 Å². The molecule has 6 nitrogen and oxygen atoms in total. The van der Waals surface area contributed by atoms with Crippen molar-refractivity contribution in [2.45, 2.75) is 33.1 Å². The molecular weight excluding hydrogens is 346 g/mol. The number of hydrogen-bond acceptors (Lipinski definition) is 5. The predicted octanol–water partition coefficient (Wildman–Crippen LogP) is 3.05. The Balaban J connectivity index is 1.43. The molecular formula is C19H27N5OS. The van der Waals surface area contributed by atoms with Crippen LogP contribution >= 0.6 is 11.3 Å². The first-order chi connectivity index (χ1) is 12.6. The lowest BCUT2D eigenvalue weighted by Gasteiger charge is -2.39. The lowest BCUT2D eigenvalue weighted by atomic mass is 9.89. The topological polar surface area (TPSA) is 54.3 Å². The van der Waals surface area contributed by atoms with Gasteiger partial charge in [-0.2, -0.15) is 0 Å². The number of rotatable bonds is 3. The Labute approximate surface area is 158 Å². The van der Waals surface area contributed by atoms with Crippen molar-refractivity contribution in [3.8, 4) is 5.13 Å². The zero-order chi connectivity index (χ0) is 18.1. The van der Waals surface area contributed by atoms with E-state index >= 15 is 0 Å². The van der Waals surface area contributed by atoms with Crippen LogP contribution in [0.5, 0.6) is 0 Å². The van der Waals surface area contributed by atoms with E-state index in [0.717, 1.165) is 49.3 Å². The first-order valence-corrected chi connectivity index (χ1v) is 10.4. The Bertz CT molecular complexity index is 733. The molecule has 0 spiro atoms. The van der Waals surface area contributed by atoms with Crippen LogP contribution in [0.3, 0.4) is 0 Å². The molecule has 0 aromatic carbocycles. The van der Waals surface area contributed by atoms with Crippen LogP contribution in [0, 0.1) is 17.8 Å². The molecule has 0 saturated carbocycles. The number of piperidine rings is 2. The maximum Gasteiger partial charge on any atom is 0.227 e. The molecule has 0 N–H and O–H groups in total. The molecule has 1 amide bonds. The Morgan fingerprint density at radius 3 is 2.50 bits per heavy atom. The molecule has 2 saturated heterocycles. The number of hydrogen-bond donors (Lipinski definition) is 0. The molecule has 7 heteroatoms. The summed E-state index contributed by atoms with van der Waals surface area (Å²) in [4.78, 5) is 17.4. The van der Waals surface area contributed by atoms with Gasteiger partial charge in [0.05, 0.1) is 5.92 Å². The van der Waals surface area contributed by atoms with Gasteiger partial charge in [0.2, 0.25) is 16.2 Å². The van der Waals surface area contributed by atoms with E-state index in [1.165, 1.54) is 6.42 Å². The maximum absolute atomic E-state index is 13.1. The molecule has 140 valence electrons. The highest BCUT2D eigenvalue weighted by molar-refractivity contribution is 7.17. The summed E-state index contributed by atoms with van der Waals surface area (Å²) in [5.41, 5.74) is 0. The highest BCUT2D eigenvalue weighted by Crippen LogP contribution is 2.30. The van der Waals surface area contributed by atoms with E-state index in [-0.39, 0.29) is 5.92 Å². The van der Waals surface area contributed by atoms with E-state index in [0.29, 0.717) is 17.7 Å². The van der Waals surface area contributed by atoms with E-state index in [9.17, 15) is 4.79 Å². The molecule has 2 aliphatic rings. The minimum atomic E-state index is 0.0835. The van der Waals surface area contributed by atoms with Gasteiger partial charge in [0, 0.05) is 38.6 Å². The smallest absolute Gasteiger partial charge is 0.227 e. The van der Waals surface area contributed by atoms with Crippen LogP contribution in [0.15, 0.2) is 24.5 Å². The summed E-state index contributed by atoms with van der Waals surface area (Å²) in [7, 11) is 0. The molecule has 0 bridgehead atoms. The third-order valence-electron chi connectivity index (χ3n) is 5.45. The van der Waals surface area contributed by atoms with Crippen molar-refractivity contribution in [1.82, 2.24) is 19.7 Å². The minimum Gasteiger partial charge on any atom is -0.346 e. The van der Waals surface area contributed by atoms with Crippen LogP contribution in [0.1, 0.15) is 33.1 Å². The average molecular weight is 374 g/mol. The van der Waals surface area contributed by atoms with Crippen LogP contribution in [-0.2, 0) is 4.79 Å². The molecule has 0 radical (unpaired) electrons. The molecule has 0 aliphatic carbocycles. The zero-order valence-electron chi connectivity index (χ0n) is 15.5. The van der Waals surface area contributed by atoms with Crippen molar-refractivity contribution in [3.05, 3.63) is 24.5 Å². The fourth-order valence-electron chi connectivity index (χ4n) is 4.36. The highest BCUT2D eigenvalue weighted by atomic mass is 32.1. The Morgan fingerprint density at radius 1 is 1.08 bits per heavy atom. The third-order valence-corrected chi connectivity index (χ3v) is 6.45. The number of anilines is 1. The summed E-state index contributed by atoms with van der Waals surface area (Å²) >= 11 is 1.59. The Hall–Kier alpha value is -1.89. The molecule has 2 aromatic rings. The van der Waals surface area contributed by atoms with Crippen LogP contribution in [-0.4, -0.2) is 51.8 Å². The summed E-state index contributed by atoms with van der Waals surface area (Å²) in [5.74, 6) is 1.63. The number of aromatic nitrogens is 3. The SMILES string of the molecule is C[C@@H]1C[C@@H](C)CN(C(=O)[C@@H]2CCCN(c3nnc(-n4cccc4)s3)C2)C1. The molecule has 4 heterocycles. The van der Waals surface area contributed by atoms with E-state index < -0.39 is 0 Å². The van der Waals surface area contributed by atoms with E-state index in [1.807, 2.05) is 29.1 Å². The molecule has 3 atom stereocenters. The maximum atomic E-state index is 13.1. The first-order valence-electron chi connectivity index (χ1n) is 9.60. The number of likely N-dealkylation sites (tertiary alicyclic amines) is 1. The molecule has 0 unspecified atom stereocenters. The second-order valence-electron chi connectivity index (χ2n) is 7.93. The monoisotopic (exact) mass is 373 g/mol. The molecule has 2 fully saturated rings. The average Bonchev–Trinajstić information content (AvgIpc) is 3.31. The second-order valence-corrected chi connectivity index (χ2v) is 8.87. The highest BCUT2D eigenvalue weighted by Gasteiger charge is 2.33. The lowest BCUT2D eigenvalue weighted by molar-refractivity contribution is -0.138. The summed E-state index contributed by atoms with van der Waals surface area (Å²) in [6.07, 6.45) is 7.20. The van der Waals surface area contributed by atoms with Crippen molar-refractivity contribution in [3.63, 3.8) is 0 Å². The fraction of sp³-hybridized carbons (Fsp3) is 0.632. The normalized spacial score (nSPS) is 26.9. The second kappa shape index (κ2) is 7.39. The van der Waals surface area contributed by atoms with Gasteiger partial charge in [-0.15, -0.1) is 10.2 Å². The van der Waals surface area contributed by atoms with Crippen molar-refractivity contribution in [2.24, 2.45) is 17.8 Å². The van der Waals surface area contributed by atoms with Crippen LogP contribution < -0.4 is 4.90 Å². The standard InChI is InChI=1S/C19H27N5OS/c1-14-10-15(2)12-24(11-14)17(25)16-6-5-9-23(13-16)19-21-20-18(26-19)22-7-3-4-8-22/h3-4,7-8,14-16H,5-6,9-13H2,1-2H3/t14-,15-,16-/m1/s1. The quantitative estimate of drug-likeness (QED) is 0.830. The van der Waals surface area contributed by atoms with Gasteiger partial charge in [0.25, 0.3) is 0 Å². The molecule has 26 heavy (non-hydrogen) atoms. The van der Waals surface area contributed by atoms with Gasteiger partial charge < -0.3 is 9.80 Å². The van der Waals surface area contributed by atoms with Crippen molar-refractivity contribution in [2.75, 3.05) is 31.1 Å². The Morgan fingerprint density at radius 2 is 1.77 bits per heavy atom. The van der Waals surface area contributed by atoms with Crippen molar-refractivity contribution in [1.29, 1.82) is 0 Å². The fourth-order valence-corrected chi connectivity index (χ4v) is 5.20. The summed E-state index contributed by atoms with van der Waals surface area (Å²) < 4.78 is 1.98. The van der Waals surface area contributed by atoms with Crippen LogP contribution in [0.4, 0.5) is 5.13 Å². The summed E-state index contributed by atoms with van der Waals surface area (Å²) in [6, 6.07) is 3.97. The third kappa shape index (κ3) is 3.63. The Kier molecular flexibility index (Phi) is 4.98. The molecule has 2 aliphatic heterocycles. The number of carbonyl (C=O) groups is 1. The van der Waals surface area contributed by atoms with Gasteiger partial charge in [0.1, 0.15) is 0 Å². The lowest BCUT2D eigenvalue weighted by Crippen LogP contribution is -2.49.